The highest BCUT2D eigenvalue weighted by Gasteiger charge is 2.31. The molecule has 26 heavy (non-hydrogen) atoms. The lowest BCUT2D eigenvalue weighted by molar-refractivity contribution is -0.113. The Hall–Kier alpha value is -2.26. The molecule has 2 aromatic heterocycles. The fourth-order valence-corrected chi connectivity index (χ4v) is 4.44. The van der Waals surface area contributed by atoms with Gasteiger partial charge < -0.3 is 5.32 Å². The van der Waals surface area contributed by atoms with Crippen LogP contribution in [0.3, 0.4) is 0 Å². The topological polar surface area (TPSA) is 72.7 Å². The number of nitrogens with one attached hydrogen (secondary N) is 1. The predicted octanol–water partition coefficient (Wildman–Crippen LogP) is 3.65. The van der Waals surface area contributed by atoms with Gasteiger partial charge in [-0.3, -0.25) is 4.79 Å². The first-order valence-corrected chi connectivity index (χ1v) is 9.62. The van der Waals surface area contributed by atoms with Crippen LogP contribution in [0.25, 0.3) is 5.95 Å². The molecular formula is C17H13BrFN5OS. The van der Waals surface area contributed by atoms with Crippen LogP contribution in [0.5, 0.6) is 0 Å². The highest BCUT2D eigenvalue weighted by atomic mass is 79.9. The third kappa shape index (κ3) is 3.01. The van der Waals surface area contributed by atoms with Crippen LogP contribution < -0.4 is 5.32 Å². The van der Waals surface area contributed by atoms with Crippen molar-refractivity contribution < 1.29 is 9.18 Å². The minimum absolute atomic E-state index is 0.128. The number of aromatic nitrogens is 4. The van der Waals surface area contributed by atoms with Crippen LogP contribution >= 0.6 is 27.7 Å². The second kappa shape index (κ2) is 6.81. The molecule has 9 heteroatoms. The Morgan fingerprint density at radius 3 is 2.85 bits per heavy atom. The standard InChI is InChI=1S/C17H13BrFN5OS/c1-9-14-15(10-3-4-12(19)11(18)7-10)26-8-13(25)22-16(14)24(23-9)17-20-5-2-6-21-17/h2-7,15H,8H2,1H3,(H,22,25)/t15-/m0/s1. The van der Waals surface area contributed by atoms with Gasteiger partial charge in [-0.05, 0) is 46.6 Å². The van der Waals surface area contributed by atoms with Crippen LogP contribution in [0, 0.1) is 12.7 Å². The molecule has 1 amide bonds. The number of halogens is 2. The van der Waals surface area contributed by atoms with Crippen LogP contribution in [0.2, 0.25) is 0 Å². The number of rotatable bonds is 2. The van der Waals surface area contributed by atoms with E-state index in [1.54, 1.807) is 35.3 Å². The number of aryl methyl sites for hydroxylation is 1. The van der Waals surface area contributed by atoms with Crippen LogP contribution in [0.15, 0.2) is 41.1 Å². The molecule has 0 saturated carbocycles. The van der Waals surface area contributed by atoms with E-state index < -0.39 is 0 Å². The largest absolute Gasteiger partial charge is 0.309 e. The Morgan fingerprint density at radius 1 is 1.35 bits per heavy atom. The highest BCUT2D eigenvalue weighted by Crippen LogP contribution is 2.44. The smallest absolute Gasteiger partial charge is 0.252 e. The third-order valence-electron chi connectivity index (χ3n) is 4.00. The molecular weight excluding hydrogens is 421 g/mol. The van der Waals surface area contributed by atoms with Crippen LogP contribution in [-0.4, -0.2) is 31.4 Å². The quantitative estimate of drug-likeness (QED) is 0.667. The van der Waals surface area contributed by atoms with Gasteiger partial charge in [-0.15, -0.1) is 11.8 Å². The van der Waals surface area contributed by atoms with Crippen molar-refractivity contribution in [2.75, 3.05) is 11.1 Å². The summed E-state index contributed by atoms with van der Waals surface area (Å²) in [6.45, 7) is 1.88. The van der Waals surface area contributed by atoms with E-state index >= 15 is 0 Å². The Morgan fingerprint density at radius 2 is 2.12 bits per heavy atom. The van der Waals surface area contributed by atoms with Gasteiger partial charge in [0.2, 0.25) is 5.91 Å². The molecule has 3 heterocycles. The number of amides is 1. The maximum absolute atomic E-state index is 13.7. The normalized spacial score (nSPS) is 16.7. The molecule has 0 saturated heterocycles. The first-order chi connectivity index (χ1) is 12.5. The number of carbonyl (C=O) groups excluding carboxylic acids is 1. The molecule has 1 aliphatic heterocycles. The van der Waals surface area contributed by atoms with E-state index in [-0.39, 0.29) is 22.7 Å². The number of carbonyl (C=O) groups is 1. The molecule has 1 aliphatic rings. The summed E-state index contributed by atoms with van der Waals surface area (Å²) in [5.74, 6) is 0.754. The Kier molecular flexibility index (Phi) is 4.49. The first kappa shape index (κ1) is 17.2. The minimum Gasteiger partial charge on any atom is -0.309 e. The van der Waals surface area contributed by atoms with Crippen molar-refractivity contribution in [1.82, 2.24) is 19.7 Å². The molecule has 132 valence electrons. The molecule has 0 spiro atoms. The average Bonchev–Trinajstić information content (AvgIpc) is 2.84. The van der Waals surface area contributed by atoms with Crippen LogP contribution in [-0.2, 0) is 4.79 Å². The van der Waals surface area contributed by atoms with E-state index in [0.717, 1.165) is 16.8 Å². The zero-order valence-corrected chi connectivity index (χ0v) is 16.0. The Balaban J connectivity index is 1.89. The van der Waals surface area contributed by atoms with Crippen molar-refractivity contribution in [3.63, 3.8) is 0 Å². The van der Waals surface area contributed by atoms with Crippen molar-refractivity contribution >= 4 is 39.4 Å². The van der Waals surface area contributed by atoms with Crippen molar-refractivity contribution in [2.24, 2.45) is 0 Å². The van der Waals surface area contributed by atoms with Crippen molar-refractivity contribution in [2.45, 2.75) is 12.2 Å². The lowest BCUT2D eigenvalue weighted by Crippen LogP contribution is -2.16. The molecule has 0 radical (unpaired) electrons. The molecule has 0 unspecified atom stereocenters. The minimum atomic E-state index is -0.327. The summed E-state index contributed by atoms with van der Waals surface area (Å²) < 4.78 is 15.6. The average molecular weight is 434 g/mol. The number of anilines is 1. The van der Waals surface area contributed by atoms with Gasteiger partial charge in [0.25, 0.3) is 5.95 Å². The van der Waals surface area contributed by atoms with E-state index in [2.05, 4.69) is 36.3 Å². The van der Waals surface area contributed by atoms with Crippen LogP contribution in [0.4, 0.5) is 10.2 Å². The summed E-state index contributed by atoms with van der Waals surface area (Å²) in [6.07, 6.45) is 3.24. The lowest BCUT2D eigenvalue weighted by Gasteiger charge is -2.15. The van der Waals surface area contributed by atoms with E-state index in [1.165, 1.54) is 17.8 Å². The predicted molar refractivity (Wildman–Crippen MR) is 101 cm³/mol. The number of hydrogen-bond donors (Lipinski definition) is 1. The summed E-state index contributed by atoms with van der Waals surface area (Å²) in [5.41, 5.74) is 2.51. The van der Waals surface area contributed by atoms with Crippen molar-refractivity contribution in [3.05, 3.63) is 63.8 Å². The second-order valence-electron chi connectivity index (χ2n) is 5.72. The molecule has 0 bridgehead atoms. The zero-order valence-electron chi connectivity index (χ0n) is 13.6. The van der Waals surface area contributed by atoms with Gasteiger partial charge in [-0.25, -0.2) is 14.4 Å². The Labute approximate surface area is 161 Å². The molecule has 3 aromatic rings. The summed E-state index contributed by atoms with van der Waals surface area (Å²) in [5, 5.41) is 7.27. The first-order valence-electron chi connectivity index (χ1n) is 7.78. The van der Waals surface area contributed by atoms with E-state index in [4.69, 9.17) is 0 Å². The second-order valence-corrected chi connectivity index (χ2v) is 7.67. The van der Waals surface area contributed by atoms with Gasteiger partial charge in [0.1, 0.15) is 11.6 Å². The van der Waals surface area contributed by atoms with E-state index in [1.807, 2.05) is 6.92 Å². The molecule has 6 nitrogen and oxygen atoms in total. The van der Waals surface area contributed by atoms with Crippen molar-refractivity contribution in [3.8, 4) is 5.95 Å². The number of nitrogens with zero attached hydrogens (tertiary/aromatic N) is 4. The maximum Gasteiger partial charge on any atom is 0.252 e. The van der Waals surface area contributed by atoms with Gasteiger partial charge in [-0.1, -0.05) is 6.07 Å². The Bertz CT molecular complexity index is 994. The van der Waals surface area contributed by atoms with Gasteiger partial charge in [0.15, 0.2) is 0 Å². The molecule has 0 aliphatic carbocycles. The lowest BCUT2D eigenvalue weighted by atomic mass is 10.0. The SMILES string of the molecule is Cc1nn(-c2ncccn2)c2c1[C@H](c1ccc(F)c(Br)c1)SCC(=O)N2. The third-order valence-corrected chi connectivity index (χ3v) is 5.87. The van der Waals surface area contributed by atoms with E-state index in [9.17, 15) is 9.18 Å². The van der Waals surface area contributed by atoms with E-state index in [0.29, 0.717) is 16.2 Å². The number of fused-ring (bicyclic) bond motifs is 1. The van der Waals surface area contributed by atoms with Crippen LogP contribution in [0.1, 0.15) is 22.1 Å². The van der Waals surface area contributed by atoms with Gasteiger partial charge in [-0.2, -0.15) is 9.78 Å². The molecule has 4 rings (SSSR count). The molecule has 1 atom stereocenters. The number of thioether (sulfide) groups is 1. The summed E-state index contributed by atoms with van der Waals surface area (Å²) >= 11 is 4.71. The summed E-state index contributed by atoms with van der Waals surface area (Å²) in [7, 11) is 0. The molecule has 1 aromatic carbocycles. The summed E-state index contributed by atoms with van der Waals surface area (Å²) in [6, 6.07) is 6.60. The maximum atomic E-state index is 13.7. The fourth-order valence-electron chi connectivity index (χ4n) is 2.87. The molecule has 1 N–H and O–H groups in total. The number of benzene rings is 1. The monoisotopic (exact) mass is 433 g/mol. The number of hydrogen-bond acceptors (Lipinski definition) is 5. The fraction of sp³-hybridized carbons (Fsp3) is 0.176. The van der Waals surface area contributed by atoms with Gasteiger partial charge in [0.05, 0.1) is 21.2 Å². The highest BCUT2D eigenvalue weighted by molar-refractivity contribution is 9.10. The van der Waals surface area contributed by atoms with Gasteiger partial charge >= 0.3 is 0 Å². The van der Waals surface area contributed by atoms with Gasteiger partial charge in [0, 0.05) is 18.0 Å². The van der Waals surface area contributed by atoms with Crippen molar-refractivity contribution in [1.29, 1.82) is 0 Å². The zero-order chi connectivity index (χ0) is 18.3. The summed E-state index contributed by atoms with van der Waals surface area (Å²) in [4.78, 5) is 20.7. The molecule has 0 fully saturated rings.